The molecule has 6 aromatic heterocycles. The van der Waals surface area contributed by atoms with Crippen LogP contribution in [0.25, 0.3) is 45.1 Å². The Hall–Kier alpha value is -5.62. The number of aromatic nitrogens is 12. The Bertz CT molecular complexity index is 2520. The maximum Gasteiger partial charge on any atom is 0.219 e. The molecule has 0 unspecified atom stereocenters. The van der Waals surface area contributed by atoms with E-state index in [4.69, 9.17) is 50.8 Å². The molecule has 0 radical (unpaired) electrons. The second-order valence-corrected chi connectivity index (χ2v) is 17.2. The third-order valence-electron chi connectivity index (χ3n) is 12.3. The van der Waals surface area contributed by atoms with Crippen LogP contribution in [0.5, 0.6) is 0 Å². The number of fused-ring (bicyclic) bond motifs is 7. The van der Waals surface area contributed by atoms with Crippen LogP contribution in [-0.2, 0) is 33.8 Å². The number of anilines is 4. The lowest BCUT2D eigenvalue weighted by molar-refractivity contribution is -0.100. The fourth-order valence-electron chi connectivity index (χ4n) is 9.22. The fourth-order valence-corrected chi connectivity index (χ4v) is 9.22. The van der Waals surface area contributed by atoms with Crippen LogP contribution in [0.2, 0.25) is 0 Å². The average Bonchev–Trinajstić information content (AvgIpc) is 3.95. The summed E-state index contributed by atoms with van der Waals surface area (Å²) in [5.41, 5.74) is 15.3. The van der Waals surface area contributed by atoms with E-state index in [9.17, 15) is 0 Å². The van der Waals surface area contributed by atoms with Crippen molar-refractivity contribution in [1.29, 1.82) is 0 Å². The summed E-state index contributed by atoms with van der Waals surface area (Å²) >= 11 is 0. The molecule has 6 aliphatic rings. The molecule has 18 heteroatoms. The Morgan fingerprint density at radius 2 is 1.36 bits per heavy atom. The first-order valence-corrected chi connectivity index (χ1v) is 20.4. The summed E-state index contributed by atoms with van der Waals surface area (Å²) in [7, 11) is 0. The van der Waals surface area contributed by atoms with E-state index in [-0.39, 0.29) is 18.0 Å². The number of nitrogens with zero attached hydrogens (tertiary/aromatic N) is 14. The summed E-state index contributed by atoms with van der Waals surface area (Å²) in [6.45, 7) is 16.5. The second kappa shape index (κ2) is 13.5. The number of ether oxygens (including phenoxy) is 2. The van der Waals surface area contributed by atoms with Crippen molar-refractivity contribution in [1.82, 2.24) is 59.0 Å². The van der Waals surface area contributed by atoms with Crippen molar-refractivity contribution in [2.75, 3.05) is 41.0 Å². The SMILES string of the molecule is CCN(c1nc(-c2cnc(N)nc2)nc2c1nc1n2CCOC1(C)C)C1CCC1.C[C@@H]1Cn2c(nc3c(N4CC5CC4C5)nc(-c4cnc(N)nc4)nc32)C(C)(C)O1. The normalized spacial score (nSPS) is 22.8. The molecule has 4 fully saturated rings. The van der Waals surface area contributed by atoms with Crippen molar-refractivity contribution in [3.63, 3.8) is 0 Å². The fraction of sp³-hybridized carbons (Fsp3) is 0.550. The number of hydrogen-bond acceptors (Lipinski definition) is 16. The molecule has 12 rings (SSSR count). The molecule has 58 heavy (non-hydrogen) atoms. The number of hydrogen-bond donors (Lipinski definition) is 2. The maximum atomic E-state index is 6.17. The highest BCUT2D eigenvalue weighted by Gasteiger charge is 2.45. The van der Waals surface area contributed by atoms with E-state index >= 15 is 0 Å². The van der Waals surface area contributed by atoms with Crippen molar-refractivity contribution in [3.8, 4) is 22.8 Å². The van der Waals surface area contributed by atoms with Gasteiger partial charge in [-0.1, -0.05) is 0 Å². The quantitative estimate of drug-likeness (QED) is 0.235. The van der Waals surface area contributed by atoms with E-state index in [0.29, 0.717) is 30.3 Å². The van der Waals surface area contributed by atoms with Gasteiger partial charge >= 0.3 is 0 Å². The molecule has 302 valence electrons. The molecule has 1 atom stereocenters. The van der Waals surface area contributed by atoms with E-state index in [1.54, 1.807) is 24.8 Å². The monoisotopic (exact) mass is 786 g/mol. The number of nitrogens with two attached hydrogens (primary N) is 2. The van der Waals surface area contributed by atoms with E-state index in [2.05, 4.69) is 80.4 Å². The van der Waals surface area contributed by atoms with Gasteiger partial charge in [0.15, 0.2) is 45.6 Å². The van der Waals surface area contributed by atoms with Gasteiger partial charge in [-0.3, -0.25) is 0 Å². The number of nitrogen functional groups attached to an aromatic ring is 2. The Kier molecular flexibility index (Phi) is 8.53. The highest BCUT2D eigenvalue weighted by Crippen LogP contribution is 2.45. The smallest absolute Gasteiger partial charge is 0.219 e. The molecular weight excluding hydrogens is 737 g/mol. The van der Waals surface area contributed by atoms with Crippen LogP contribution in [0.1, 0.15) is 85.3 Å². The van der Waals surface area contributed by atoms with Crippen molar-refractivity contribution in [2.45, 2.75) is 116 Å². The lowest BCUT2D eigenvalue weighted by Gasteiger charge is -2.37. The molecule has 4 N–H and O–H groups in total. The minimum absolute atomic E-state index is 0.0798. The van der Waals surface area contributed by atoms with Gasteiger partial charge in [0, 0.05) is 56.5 Å². The zero-order valence-corrected chi connectivity index (χ0v) is 33.9. The largest absolute Gasteiger partial charge is 0.368 e. The summed E-state index contributed by atoms with van der Waals surface area (Å²) in [5, 5.41) is 0. The minimum Gasteiger partial charge on any atom is -0.368 e. The average molecular weight is 787 g/mol. The van der Waals surface area contributed by atoms with Crippen LogP contribution in [0.4, 0.5) is 23.5 Å². The van der Waals surface area contributed by atoms with Crippen molar-refractivity contribution in [3.05, 3.63) is 36.4 Å². The first-order chi connectivity index (χ1) is 27.9. The third kappa shape index (κ3) is 6.06. The minimum atomic E-state index is -0.479. The van der Waals surface area contributed by atoms with Crippen LogP contribution in [0, 0.1) is 5.92 Å². The molecule has 2 saturated heterocycles. The van der Waals surface area contributed by atoms with E-state index in [0.717, 1.165) is 88.8 Å². The molecule has 4 aliphatic heterocycles. The van der Waals surface area contributed by atoms with Crippen molar-refractivity contribution < 1.29 is 9.47 Å². The van der Waals surface area contributed by atoms with Crippen molar-refractivity contribution in [2.24, 2.45) is 5.92 Å². The lowest BCUT2D eigenvalue weighted by atomic mass is 9.86. The van der Waals surface area contributed by atoms with Gasteiger partial charge in [0.1, 0.15) is 22.9 Å². The Balaban J connectivity index is 0.000000141. The van der Waals surface area contributed by atoms with Crippen LogP contribution in [0.15, 0.2) is 24.8 Å². The predicted octanol–water partition coefficient (Wildman–Crippen LogP) is 4.63. The van der Waals surface area contributed by atoms with Gasteiger partial charge in [-0.05, 0) is 79.6 Å². The number of imidazole rings is 2. The van der Waals surface area contributed by atoms with Gasteiger partial charge in [0.25, 0.3) is 0 Å². The van der Waals surface area contributed by atoms with Gasteiger partial charge in [-0.15, -0.1) is 0 Å². The molecular formula is C40H50N16O2. The van der Waals surface area contributed by atoms with Crippen LogP contribution in [0.3, 0.4) is 0 Å². The third-order valence-corrected chi connectivity index (χ3v) is 12.3. The van der Waals surface area contributed by atoms with Gasteiger partial charge in [0.2, 0.25) is 11.9 Å². The number of rotatable bonds is 6. The molecule has 2 saturated carbocycles. The Morgan fingerprint density at radius 3 is 1.95 bits per heavy atom. The predicted molar refractivity (Wildman–Crippen MR) is 219 cm³/mol. The molecule has 6 aromatic rings. The van der Waals surface area contributed by atoms with Gasteiger partial charge in [-0.25, -0.2) is 49.8 Å². The maximum absolute atomic E-state index is 6.17. The zero-order chi connectivity index (χ0) is 40.1. The molecule has 2 bridgehead atoms. The van der Waals surface area contributed by atoms with Crippen LogP contribution >= 0.6 is 0 Å². The summed E-state index contributed by atoms with van der Waals surface area (Å²) < 4.78 is 16.5. The lowest BCUT2D eigenvalue weighted by Crippen LogP contribution is -2.40. The van der Waals surface area contributed by atoms with Crippen LogP contribution in [-0.4, -0.2) is 96.9 Å². The summed E-state index contributed by atoms with van der Waals surface area (Å²) in [6, 6.07) is 1.05. The highest BCUT2D eigenvalue weighted by atomic mass is 16.5. The first-order valence-electron chi connectivity index (χ1n) is 20.4. The van der Waals surface area contributed by atoms with E-state index in [1.807, 2.05) is 0 Å². The van der Waals surface area contributed by atoms with Gasteiger partial charge in [-0.2, -0.15) is 0 Å². The van der Waals surface area contributed by atoms with E-state index in [1.165, 1.54) is 32.1 Å². The molecule has 0 amide bonds. The zero-order valence-electron chi connectivity index (χ0n) is 33.9. The van der Waals surface area contributed by atoms with E-state index < -0.39 is 11.2 Å². The molecule has 10 heterocycles. The first kappa shape index (κ1) is 36.7. The second-order valence-electron chi connectivity index (χ2n) is 17.2. The standard InChI is InChI=1S/C20H24N8O.C20H26N8O/c1-10-8-28-17-14(24-18(28)20(2,3)29-10)16(27-9-11-4-13(27)5-11)25-15(26-17)12-6-22-19(21)23-7-12;1-4-27(13-6-5-7-13)16-14-17(28-8-9-29-20(2,3)18(28)24-14)26-15(25-16)12-10-22-19(21)23-11-12/h6-7,10-11,13H,4-5,8-9H2,1-3H3,(H2,21,22,23);10-11,13H,4-9H2,1-3H3,(H2,21,22,23)/t10-,11?,13?;/m1./s1. The molecule has 0 spiro atoms. The summed E-state index contributed by atoms with van der Waals surface area (Å²) in [4.78, 5) is 50.9. The highest BCUT2D eigenvalue weighted by molar-refractivity contribution is 5.88. The molecule has 0 aromatic carbocycles. The molecule has 18 nitrogen and oxygen atoms in total. The molecule has 2 aliphatic carbocycles. The Labute approximate surface area is 335 Å². The van der Waals surface area contributed by atoms with Gasteiger partial charge in [0.05, 0.1) is 30.4 Å². The summed E-state index contributed by atoms with van der Waals surface area (Å²) in [6.07, 6.45) is 12.9. The topological polar surface area (TPSA) is 216 Å². The summed E-state index contributed by atoms with van der Waals surface area (Å²) in [5.74, 6) is 6.04. The van der Waals surface area contributed by atoms with Gasteiger partial charge < -0.3 is 39.9 Å². The van der Waals surface area contributed by atoms with Crippen LogP contribution < -0.4 is 21.3 Å². The Morgan fingerprint density at radius 1 is 0.759 bits per heavy atom. The van der Waals surface area contributed by atoms with Crippen molar-refractivity contribution >= 4 is 45.9 Å².